The summed E-state index contributed by atoms with van der Waals surface area (Å²) in [5, 5.41) is 13.5. The Balaban J connectivity index is 1.39. The van der Waals surface area contributed by atoms with E-state index in [1.54, 1.807) is 13.2 Å². The van der Waals surface area contributed by atoms with Crippen molar-refractivity contribution < 1.29 is 14.3 Å². The van der Waals surface area contributed by atoms with Gasteiger partial charge >= 0.3 is 0 Å². The van der Waals surface area contributed by atoms with Gasteiger partial charge < -0.3 is 19.7 Å². The number of hydrogen-bond donors (Lipinski definition) is 1. The second-order valence-electron chi connectivity index (χ2n) is 7.81. The van der Waals surface area contributed by atoms with Gasteiger partial charge in [-0.2, -0.15) is 5.26 Å². The van der Waals surface area contributed by atoms with E-state index in [1.807, 2.05) is 17.0 Å². The van der Waals surface area contributed by atoms with E-state index in [4.69, 9.17) is 9.47 Å². The van der Waals surface area contributed by atoms with E-state index in [2.05, 4.69) is 16.4 Å². The van der Waals surface area contributed by atoms with Gasteiger partial charge in [-0.05, 0) is 37.5 Å². The minimum absolute atomic E-state index is 0.00605. The van der Waals surface area contributed by atoms with E-state index >= 15 is 0 Å². The third-order valence-corrected chi connectivity index (χ3v) is 6.71. The summed E-state index contributed by atoms with van der Waals surface area (Å²) in [6.07, 6.45) is 3.26. The Labute approximate surface area is 173 Å². The molecule has 0 radical (unpaired) electrons. The average molecular weight is 410 g/mol. The van der Waals surface area contributed by atoms with E-state index < -0.39 is 0 Å². The molecule has 2 atom stereocenters. The molecule has 1 N–H and O–H groups in total. The van der Waals surface area contributed by atoms with Gasteiger partial charge in [0.1, 0.15) is 16.5 Å². The van der Waals surface area contributed by atoms with Crippen molar-refractivity contribution in [1.29, 1.82) is 5.26 Å². The van der Waals surface area contributed by atoms with Crippen LogP contribution in [0.15, 0.2) is 18.2 Å². The summed E-state index contributed by atoms with van der Waals surface area (Å²) in [5.41, 5.74) is 1.91. The maximum Gasteiger partial charge on any atom is 0.274 e. The van der Waals surface area contributed by atoms with Gasteiger partial charge in [-0.15, -0.1) is 11.3 Å². The number of ether oxygens (including phenoxy) is 2. The van der Waals surface area contributed by atoms with Gasteiger partial charge in [0.05, 0.1) is 41.3 Å². The van der Waals surface area contributed by atoms with E-state index in [0.29, 0.717) is 24.4 Å². The Morgan fingerprint density at radius 2 is 2.28 bits per heavy atom. The summed E-state index contributed by atoms with van der Waals surface area (Å²) < 4.78 is 11.2. The summed E-state index contributed by atoms with van der Waals surface area (Å²) in [4.78, 5) is 20.6. The van der Waals surface area contributed by atoms with Crippen LogP contribution >= 0.6 is 11.3 Å². The van der Waals surface area contributed by atoms with Gasteiger partial charge in [0.15, 0.2) is 0 Å². The van der Waals surface area contributed by atoms with Crippen LogP contribution in [0, 0.1) is 11.3 Å². The zero-order valence-electron chi connectivity index (χ0n) is 16.2. The monoisotopic (exact) mass is 410 g/mol. The normalized spacial score (nSPS) is 23.3. The molecule has 1 aromatic carbocycles. The highest BCUT2D eigenvalue weighted by atomic mass is 32.1. The molecule has 3 aliphatic rings. The molecule has 1 aliphatic carbocycles. The SMILES string of the molecule is COC[C@@H]1C[C@@H](N2Cc3sc(-c4cc(C#N)ccc4OC4CC4)nc3C2=O)CN1. The minimum Gasteiger partial charge on any atom is -0.490 e. The molecule has 2 aliphatic heterocycles. The second kappa shape index (κ2) is 7.41. The number of nitrogens with one attached hydrogen (secondary N) is 1. The Bertz CT molecular complexity index is 994. The van der Waals surface area contributed by atoms with Crippen molar-refractivity contribution >= 4 is 17.2 Å². The molecule has 1 aromatic heterocycles. The lowest BCUT2D eigenvalue weighted by Crippen LogP contribution is -2.37. The molecule has 0 spiro atoms. The number of methoxy groups -OCH3 is 1. The van der Waals surface area contributed by atoms with Gasteiger partial charge in [0.2, 0.25) is 0 Å². The largest absolute Gasteiger partial charge is 0.490 e. The van der Waals surface area contributed by atoms with Crippen molar-refractivity contribution in [2.75, 3.05) is 20.3 Å². The first-order valence-electron chi connectivity index (χ1n) is 9.90. The number of carbonyl (C=O) groups excluding carboxylic acids is 1. The van der Waals surface area contributed by atoms with Crippen molar-refractivity contribution in [3.8, 4) is 22.4 Å². The van der Waals surface area contributed by atoms with Gasteiger partial charge in [-0.25, -0.2) is 4.98 Å². The van der Waals surface area contributed by atoms with Gasteiger partial charge in [-0.1, -0.05) is 0 Å². The van der Waals surface area contributed by atoms with Crippen molar-refractivity contribution in [3.05, 3.63) is 34.3 Å². The van der Waals surface area contributed by atoms with Crippen molar-refractivity contribution in [1.82, 2.24) is 15.2 Å². The van der Waals surface area contributed by atoms with E-state index in [0.717, 1.165) is 47.0 Å². The summed E-state index contributed by atoms with van der Waals surface area (Å²) in [6.45, 7) is 2.03. The molecule has 7 nitrogen and oxygen atoms in total. The molecule has 5 rings (SSSR count). The van der Waals surface area contributed by atoms with Crippen LogP contribution < -0.4 is 10.1 Å². The van der Waals surface area contributed by atoms with Crippen molar-refractivity contribution in [3.63, 3.8) is 0 Å². The molecule has 150 valence electrons. The molecule has 2 fully saturated rings. The number of nitrogens with zero attached hydrogens (tertiary/aromatic N) is 3. The van der Waals surface area contributed by atoms with Crippen LogP contribution in [0.2, 0.25) is 0 Å². The first-order chi connectivity index (χ1) is 14.2. The minimum atomic E-state index is -0.00605. The number of rotatable bonds is 6. The molecular weight excluding hydrogens is 388 g/mol. The van der Waals surface area contributed by atoms with Gasteiger partial charge in [0, 0.05) is 25.7 Å². The predicted molar refractivity (Wildman–Crippen MR) is 108 cm³/mol. The number of hydrogen-bond acceptors (Lipinski definition) is 7. The second-order valence-corrected chi connectivity index (χ2v) is 8.90. The van der Waals surface area contributed by atoms with Crippen molar-refractivity contribution in [2.24, 2.45) is 0 Å². The van der Waals surface area contributed by atoms with Crippen LogP contribution in [0.3, 0.4) is 0 Å². The van der Waals surface area contributed by atoms with E-state index in [-0.39, 0.29) is 24.1 Å². The van der Waals surface area contributed by atoms with Crippen LogP contribution in [0.4, 0.5) is 0 Å². The third kappa shape index (κ3) is 3.50. The van der Waals surface area contributed by atoms with Crippen LogP contribution in [0.5, 0.6) is 5.75 Å². The van der Waals surface area contributed by atoms with Gasteiger partial charge in [0.25, 0.3) is 5.91 Å². The smallest absolute Gasteiger partial charge is 0.274 e. The average Bonchev–Trinajstić information content (AvgIpc) is 3.12. The van der Waals surface area contributed by atoms with E-state index in [9.17, 15) is 10.1 Å². The van der Waals surface area contributed by atoms with E-state index in [1.165, 1.54) is 11.3 Å². The number of benzene rings is 1. The Morgan fingerprint density at radius 3 is 3.00 bits per heavy atom. The molecule has 1 amide bonds. The molecule has 8 heteroatoms. The fraction of sp³-hybridized carbons (Fsp3) is 0.476. The first kappa shape index (κ1) is 18.6. The molecule has 2 aromatic rings. The topological polar surface area (TPSA) is 87.5 Å². The zero-order chi connectivity index (χ0) is 20.0. The number of aromatic nitrogens is 1. The lowest BCUT2D eigenvalue weighted by atomic mass is 10.1. The molecule has 1 saturated heterocycles. The highest BCUT2D eigenvalue weighted by Gasteiger charge is 2.39. The number of thiazole rings is 1. The highest BCUT2D eigenvalue weighted by molar-refractivity contribution is 7.15. The number of fused-ring (bicyclic) bond motifs is 1. The fourth-order valence-electron chi connectivity index (χ4n) is 4.00. The lowest BCUT2D eigenvalue weighted by molar-refractivity contribution is 0.0707. The fourth-order valence-corrected chi connectivity index (χ4v) is 5.07. The predicted octanol–water partition coefficient (Wildman–Crippen LogP) is 2.56. The molecule has 1 saturated carbocycles. The zero-order valence-corrected chi connectivity index (χ0v) is 17.0. The van der Waals surface area contributed by atoms with Crippen LogP contribution in [0.1, 0.15) is 40.2 Å². The number of amides is 1. The van der Waals surface area contributed by atoms with Crippen molar-refractivity contribution in [2.45, 2.75) is 44.0 Å². The molecule has 29 heavy (non-hydrogen) atoms. The van der Waals surface area contributed by atoms with Gasteiger partial charge in [-0.3, -0.25) is 4.79 Å². The maximum absolute atomic E-state index is 13.0. The quantitative estimate of drug-likeness (QED) is 0.788. The molecule has 0 unspecified atom stereocenters. The summed E-state index contributed by atoms with van der Waals surface area (Å²) in [6, 6.07) is 8.05. The molecule has 3 heterocycles. The Hall–Kier alpha value is -2.47. The number of carbonyl (C=O) groups is 1. The molecule has 0 bridgehead atoms. The standard InChI is InChI=1S/C21H22N4O3S/c1-27-11-13-7-14(9-23-13)25-10-18-19(21(25)26)24-20(29-18)16-6-12(8-22)2-5-17(16)28-15-3-4-15/h2,5-6,13-15,23H,3-4,7,9-11H2,1H3/t13-,14+/m0/s1. The molecular formula is C21H22N4O3S. The maximum atomic E-state index is 13.0. The van der Waals surface area contributed by atoms with Crippen LogP contribution in [-0.2, 0) is 11.3 Å². The Morgan fingerprint density at radius 1 is 1.41 bits per heavy atom. The third-order valence-electron chi connectivity index (χ3n) is 5.64. The summed E-state index contributed by atoms with van der Waals surface area (Å²) >= 11 is 1.53. The van der Waals surface area contributed by atoms with Crippen LogP contribution in [-0.4, -0.2) is 54.2 Å². The summed E-state index contributed by atoms with van der Waals surface area (Å²) in [7, 11) is 1.70. The summed E-state index contributed by atoms with van der Waals surface area (Å²) in [5.74, 6) is 0.735. The van der Waals surface area contributed by atoms with Crippen LogP contribution in [0.25, 0.3) is 10.6 Å². The Kier molecular flexibility index (Phi) is 4.74. The first-order valence-corrected chi connectivity index (χ1v) is 10.7. The number of nitriles is 1. The highest BCUT2D eigenvalue weighted by Crippen LogP contribution is 2.41. The lowest BCUT2D eigenvalue weighted by Gasteiger charge is -2.23.